The molecule has 0 amide bonds. The molecule has 0 aliphatic carbocycles. The first-order chi connectivity index (χ1) is 12.8. The summed E-state index contributed by atoms with van der Waals surface area (Å²) >= 11 is 0. The Morgan fingerprint density at radius 3 is 2.73 bits per heavy atom. The Morgan fingerprint density at radius 1 is 1.15 bits per heavy atom. The minimum absolute atomic E-state index is 0.161. The van der Waals surface area contributed by atoms with Crippen molar-refractivity contribution in [3.8, 4) is 5.75 Å². The molecule has 0 aliphatic heterocycles. The quantitative estimate of drug-likeness (QED) is 0.402. The summed E-state index contributed by atoms with van der Waals surface area (Å²) in [6.07, 6.45) is 3.34. The minimum Gasteiger partial charge on any atom is -0.471 e. The van der Waals surface area contributed by atoms with E-state index < -0.39 is 5.97 Å². The van der Waals surface area contributed by atoms with Crippen LogP contribution < -0.4 is 10.2 Å². The molecule has 0 spiro atoms. The van der Waals surface area contributed by atoms with Gasteiger partial charge in [0, 0.05) is 11.8 Å². The van der Waals surface area contributed by atoms with Crippen LogP contribution in [0.1, 0.15) is 16.1 Å². The summed E-state index contributed by atoms with van der Waals surface area (Å²) < 4.78 is 11.9. The second-order valence-corrected chi connectivity index (χ2v) is 5.28. The minimum atomic E-state index is -0.483. The number of esters is 1. The Hall–Kier alpha value is -3.61. The maximum Gasteiger partial charge on any atom is 0.358 e. The van der Waals surface area contributed by atoms with Gasteiger partial charge < -0.3 is 9.47 Å². The number of ether oxygens (including phenoxy) is 2. The lowest BCUT2D eigenvalue weighted by Crippen LogP contribution is -2.09. The van der Waals surface area contributed by atoms with E-state index in [9.17, 15) is 4.79 Å². The van der Waals surface area contributed by atoms with Crippen LogP contribution in [-0.4, -0.2) is 29.1 Å². The number of anilines is 1. The van der Waals surface area contributed by atoms with Gasteiger partial charge in [-0.1, -0.05) is 30.3 Å². The van der Waals surface area contributed by atoms with Gasteiger partial charge in [-0.25, -0.2) is 9.48 Å². The van der Waals surface area contributed by atoms with Gasteiger partial charge in [0.2, 0.25) is 0 Å². The standard InChI is InChI=1S/C19H18N4O3/c1-25-19(24)17-11-12-23(22-17)14-26-18-10-6-5-7-15(18)13-20-21-16-8-3-2-4-9-16/h2-13,21H,14H2,1H3. The Morgan fingerprint density at radius 2 is 1.92 bits per heavy atom. The molecule has 0 unspecified atom stereocenters. The number of nitrogens with one attached hydrogen (secondary N) is 1. The highest BCUT2D eigenvalue weighted by Gasteiger charge is 2.09. The lowest BCUT2D eigenvalue weighted by molar-refractivity contribution is 0.0592. The van der Waals surface area contributed by atoms with E-state index in [1.54, 1.807) is 18.5 Å². The van der Waals surface area contributed by atoms with Crippen molar-refractivity contribution in [3.63, 3.8) is 0 Å². The first kappa shape index (κ1) is 17.2. The lowest BCUT2D eigenvalue weighted by Gasteiger charge is -2.09. The third-order valence-electron chi connectivity index (χ3n) is 3.48. The third kappa shape index (κ3) is 4.47. The van der Waals surface area contributed by atoms with Gasteiger partial charge in [0.25, 0.3) is 0 Å². The van der Waals surface area contributed by atoms with Gasteiger partial charge in [-0.15, -0.1) is 0 Å². The number of carbonyl (C=O) groups is 1. The summed E-state index contributed by atoms with van der Waals surface area (Å²) in [5.41, 5.74) is 4.91. The highest BCUT2D eigenvalue weighted by molar-refractivity contribution is 5.86. The highest BCUT2D eigenvalue weighted by Crippen LogP contribution is 2.16. The predicted octanol–water partition coefficient (Wildman–Crippen LogP) is 3.15. The number of hydrogen-bond donors (Lipinski definition) is 1. The van der Waals surface area contributed by atoms with Crippen LogP contribution in [0.3, 0.4) is 0 Å². The number of para-hydroxylation sites is 2. The van der Waals surface area contributed by atoms with E-state index in [4.69, 9.17) is 4.74 Å². The van der Waals surface area contributed by atoms with Crippen molar-refractivity contribution in [3.05, 3.63) is 78.1 Å². The van der Waals surface area contributed by atoms with Crippen molar-refractivity contribution in [1.29, 1.82) is 0 Å². The summed E-state index contributed by atoms with van der Waals surface area (Å²) in [5, 5.41) is 8.33. The Bertz CT molecular complexity index is 891. The molecule has 0 bridgehead atoms. The summed E-state index contributed by atoms with van der Waals surface area (Å²) in [4.78, 5) is 11.4. The van der Waals surface area contributed by atoms with Crippen molar-refractivity contribution in [2.75, 3.05) is 12.5 Å². The molecule has 0 atom stereocenters. The SMILES string of the molecule is COC(=O)c1ccn(COc2ccccc2C=NNc2ccccc2)n1. The van der Waals surface area contributed by atoms with Gasteiger partial charge in [0.1, 0.15) is 5.75 Å². The van der Waals surface area contributed by atoms with E-state index in [1.165, 1.54) is 11.8 Å². The Balaban J connectivity index is 1.63. The van der Waals surface area contributed by atoms with E-state index in [1.807, 2.05) is 54.6 Å². The normalized spacial score (nSPS) is 10.7. The van der Waals surface area contributed by atoms with E-state index in [0.29, 0.717) is 5.75 Å². The van der Waals surface area contributed by atoms with Gasteiger partial charge >= 0.3 is 5.97 Å². The van der Waals surface area contributed by atoms with E-state index in [0.717, 1.165) is 11.3 Å². The number of hydrogen-bond acceptors (Lipinski definition) is 6. The number of hydrazone groups is 1. The molecule has 2 aromatic carbocycles. The number of nitrogens with zero attached hydrogens (tertiary/aromatic N) is 3. The van der Waals surface area contributed by atoms with Gasteiger partial charge in [-0.05, 0) is 30.3 Å². The van der Waals surface area contributed by atoms with Crippen LogP contribution in [0.5, 0.6) is 5.75 Å². The smallest absolute Gasteiger partial charge is 0.358 e. The Labute approximate surface area is 150 Å². The highest BCUT2D eigenvalue weighted by atomic mass is 16.5. The zero-order chi connectivity index (χ0) is 18.2. The largest absolute Gasteiger partial charge is 0.471 e. The molecule has 0 saturated heterocycles. The zero-order valence-corrected chi connectivity index (χ0v) is 14.2. The summed E-state index contributed by atoms with van der Waals surface area (Å²) in [6.45, 7) is 0.161. The number of aromatic nitrogens is 2. The topological polar surface area (TPSA) is 77.7 Å². The van der Waals surface area contributed by atoms with Crippen LogP contribution in [0.4, 0.5) is 5.69 Å². The van der Waals surface area contributed by atoms with Crippen molar-refractivity contribution < 1.29 is 14.3 Å². The van der Waals surface area contributed by atoms with Gasteiger partial charge in [0.05, 0.1) is 19.0 Å². The lowest BCUT2D eigenvalue weighted by atomic mass is 10.2. The average molecular weight is 350 g/mol. The molecule has 3 aromatic rings. The molecule has 0 aliphatic rings. The third-order valence-corrected chi connectivity index (χ3v) is 3.48. The molecule has 7 nitrogen and oxygen atoms in total. The van der Waals surface area contributed by atoms with Crippen molar-refractivity contribution in [1.82, 2.24) is 9.78 Å². The summed E-state index contributed by atoms with van der Waals surface area (Å²) in [6, 6.07) is 18.8. The van der Waals surface area contributed by atoms with Gasteiger partial charge in [-0.2, -0.15) is 10.2 Å². The van der Waals surface area contributed by atoms with Gasteiger partial charge in [0.15, 0.2) is 12.4 Å². The van der Waals surface area contributed by atoms with Crippen LogP contribution in [0, 0.1) is 0 Å². The molecular formula is C19H18N4O3. The molecule has 7 heteroatoms. The van der Waals surface area contributed by atoms with Crippen LogP contribution >= 0.6 is 0 Å². The van der Waals surface area contributed by atoms with Gasteiger partial charge in [-0.3, -0.25) is 5.43 Å². The average Bonchev–Trinajstić information content (AvgIpc) is 3.16. The molecule has 132 valence electrons. The first-order valence-electron chi connectivity index (χ1n) is 7.94. The number of benzene rings is 2. The fraction of sp³-hybridized carbons (Fsp3) is 0.105. The predicted molar refractivity (Wildman–Crippen MR) is 98.3 cm³/mol. The number of methoxy groups -OCH3 is 1. The maximum atomic E-state index is 11.4. The second-order valence-electron chi connectivity index (χ2n) is 5.28. The molecule has 0 saturated carbocycles. The molecule has 0 radical (unpaired) electrons. The molecule has 26 heavy (non-hydrogen) atoms. The molecule has 0 fully saturated rings. The molecule has 1 heterocycles. The Kier molecular flexibility index (Phi) is 5.61. The summed E-state index contributed by atoms with van der Waals surface area (Å²) in [7, 11) is 1.32. The number of rotatable bonds is 7. The van der Waals surface area contributed by atoms with Crippen molar-refractivity contribution >= 4 is 17.9 Å². The second kappa shape index (κ2) is 8.48. The monoisotopic (exact) mass is 350 g/mol. The maximum absolute atomic E-state index is 11.4. The summed E-state index contributed by atoms with van der Waals surface area (Å²) in [5.74, 6) is 0.171. The zero-order valence-electron chi connectivity index (χ0n) is 14.2. The van der Waals surface area contributed by atoms with Crippen LogP contribution in [-0.2, 0) is 11.5 Å². The molecule has 3 rings (SSSR count). The molecule has 1 N–H and O–H groups in total. The van der Waals surface area contributed by atoms with E-state index >= 15 is 0 Å². The van der Waals surface area contributed by atoms with Crippen LogP contribution in [0.2, 0.25) is 0 Å². The van der Waals surface area contributed by atoms with Crippen LogP contribution in [0.25, 0.3) is 0 Å². The van der Waals surface area contributed by atoms with E-state index in [-0.39, 0.29) is 12.4 Å². The van der Waals surface area contributed by atoms with Crippen LogP contribution in [0.15, 0.2) is 72.0 Å². The first-order valence-corrected chi connectivity index (χ1v) is 7.94. The molecule has 1 aromatic heterocycles. The molecular weight excluding hydrogens is 332 g/mol. The fourth-order valence-electron chi connectivity index (χ4n) is 2.19. The van der Waals surface area contributed by atoms with Crippen molar-refractivity contribution in [2.24, 2.45) is 5.10 Å². The fourth-order valence-corrected chi connectivity index (χ4v) is 2.19. The van der Waals surface area contributed by atoms with Crippen molar-refractivity contribution in [2.45, 2.75) is 6.73 Å². The van der Waals surface area contributed by atoms with E-state index in [2.05, 4.69) is 20.4 Å². The number of carbonyl (C=O) groups excluding carboxylic acids is 1.